The summed E-state index contributed by atoms with van der Waals surface area (Å²) in [6.07, 6.45) is 3.07. The number of aliphatic carboxylic acids is 1. The number of fused-ring (bicyclic) bond motifs is 1. The number of benzene rings is 1. The van der Waals surface area contributed by atoms with Gasteiger partial charge in [-0.2, -0.15) is 0 Å². The van der Waals surface area contributed by atoms with Crippen molar-refractivity contribution in [3.63, 3.8) is 0 Å². The maximum atomic E-state index is 11.2. The van der Waals surface area contributed by atoms with E-state index in [0.29, 0.717) is 0 Å². The van der Waals surface area contributed by atoms with Crippen molar-refractivity contribution in [3.05, 3.63) is 34.5 Å². The lowest BCUT2D eigenvalue weighted by Gasteiger charge is -2.09. The average Bonchev–Trinajstić information content (AvgIpc) is 3.01. The summed E-state index contributed by atoms with van der Waals surface area (Å²) >= 11 is 3.38. The third-order valence-electron chi connectivity index (χ3n) is 3.24. The molecule has 1 aliphatic carbocycles. The standard InChI is InChI=1S/C12H9BrO3/c13-9-6-16-10-2-1-7(5-8(9)10)12(3-4-12)11(14)15/h1-2,5-6H,3-4H2,(H,14,15). The molecule has 0 unspecified atom stereocenters. The van der Waals surface area contributed by atoms with Gasteiger partial charge in [0.25, 0.3) is 0 Å². The van der Waals surface area contributed by atoms with Crippen molar-refractivity contribution in [2.24, 2.45) is 0 Å². The Morgan fingerprint density at radius 2 is 2.19 bits per heavy atom. The van der Waals surface area contributed by atoms with Crippen LogP contribution in [0.5, 0.6) is 0 Å². The van der Waals surface area contributed by atoms with E-state index in [1.165, 1.54) is 0 Å². The molecule has 82 valence electrons. The molecule has 1 aromatic carbocycles. The third kappa shape index (κ3) is 1.23. The molecule has 1 aromatic heterocycles. The van der Waals surface area contributed by atoms with E-state index >= 15 is 0 Å². The van der Waals surface area contributed by atoms with Crippen LogP contribution in [0.25, 0.3) is 11.0 Å². The molecule has 0 aliphatic heterocycles. The minimum absolute atomic E-state index is 0.648. The molecule has 1 heterocycles. The lowest BCUT2D eigenvalue weighted by Crippen LogP contribution is -2.19. The fraction of sp³-hybridized carbons (Fsp3) is 0.250. The molecule has 0 radical (unpaired) electrons. The van der Waals surface area contributed by atoms with E-state index in [1.54, 1.807) is 6.26 Å². The van der Waals surface area contributed by atoms with Crippen molar-refractivity contribution in [2.75, 3.05) is 0 Å². The van der Waals surface area contributed by atoms with Crippen LogP contribution in [0.2, 0.25) is 0 Å². The van der Waals surface area contributed by atoms with Crippen LogP contribution < -0.4 is 0 Å². The van der Waals surface area contributed by atoms with Gasteiger partial charge >= 0.3 is 5.97 Å². The molecular formula is C12H9BrO3. The minimum atomic E-state index is -0.730. The minimum Gasteiger partial charge on any atom is -0.481 e. The molecular weight excluding hydrogens is 272 g/mol. The Labute approximate surface area is 100 Å². The van der Waals surface area contributed by atoms with Crippen molar-refractivity contribution >= 4 is 32.9 Å². The normalized spacial score (nSPS) is 17.6. The van der Waals surface area contributed by atoms with Crippen LogP contribution in [0.15, 0.2) is 33.4 Å². The molecule has 1 N–H and O–H groups in total. The predicted molar refractivity (Wildman–Crippen MR) is 62.5 cm³/mol. The Bertz CT molecular complexity index is 581. The van der Waals surface area contributed by atoms with Gasteiger partial charge in [-0.05, 0) is 46.5 Å². The van der Waals surface area contributed by atoms with E-state index in [4.69, 9.17) is 4.42 Å². The molecule has 2 aromatic rings. The second-order valence-corrected chi connectivity index (χ2v) is 5.04. The number of carbonyl (C=O) groups is 1. The number of hydrogen-bond donors (Lipinski definition) is 1. The van der Waals surface area contributed by atoms with Crippen LogP contribution in [-0.4, -0.2) is 11.1 Å². The number of carboxylic acids is 1. The Kier molecular flexibility index (Phi) is 1.92. The fourth-order valence-corrected chi connectivity index (χ4v) is 2.45. The molecule has 0 atom stereocenters. The summed E-state index contributed by atoms with van der Waals surface area (Å²) < 4.78 is 6.17. The summed E-state index contributed by atoms with van der Waals surface area (Å²) in [7, 11) is 0. The maximum Gasteiger partial charge on any atom is 0.314 e. The summed E-state index contributed by atoms with van der Waals surface area (Å²) in [6, 6.07) is 5.59. The average molecular weight is 281 g/mol. The van der Waals surface area contributed by atoms with Crippen molar-refractivity contribution in [2.45, 2.75) is 18.3 Å². The second kappa shape index (κ2) is 3.10. The number of halogens is 1. The molecule has 0 bridgehead atoms. The number of hydrogen-bond acceptors (Lipinski definition) is 2. The van der Waals surface area contributed by atoms with Crippen LogP contribution in [0.1, 0.15) is 18.4 Å². The number of furan rings is 1. The number of rotatable bonds is 2. The van der Waals surface area contributed by atoms with Gasteiger partial charge in [0.15, 0.2) is 0 Å². The Morgan fingerprint density at radius 1 is 1.44 bits per heavy atom. The van der Waals surface area contributed by atoms with Crippen LogP contribution >= 0.6 is 15.9 Å². The highest BCUT2D eigenvalue weighted by Crippen LogP contribution is 2.49. The fourth-order valence-electron chi connectivity index (χ4n) is 2.05. The van der Waals surface area contributed by atoms with E-state index in [1.807, 2.05) is 18.2 Å². The van der Waals surface area contributed by atoms with Crippen molar-refractivity contribution in [1.82, 2.24) is 0 Å². The molecule has 1 saturated carbocycles. The first-order chi connectivity index (χ1) is 7.63. The van der Waals surface area contributed by atoms with Crippen molar-refractivity contribution in [1.29, 1.82) is 0 Å². The van der Waals surface area contributed by atoms with E-state index in [2.05, 4.69) is 15.9 Å². The lowest BCUT2D eigenvalue weighted by atomic mass is 9.95. The zero-order valence-corrected chi connectivity index (χ0v) is 9.95. The first-order valence-corrected chi connectivity index (χ1v) is 5.83. The SMILES string of the molecule is O=C(O)C1(c2ccc3occ(Br)c3c2)CC1. The second-order valence-electron chi connectivity index (χ2n) is 4.18. The summed E-state index contributed by atoms with van der Waals surface area (Å²) in [5.74, 6) is -0.730. The van der Waals surface area contributed by atoms with Gasteiger partial charge in [-0.1, -0.05) is 6.07 Å². The van der Waals surface area contributed by atoms with Gasteiger partial charge in [-0.3, -0.25) is 4.79 Å². The Balaban J connectivity index is 2.18. The highest BCUT2D eigenvalue weighted by atomic mass is 79.9. The smallest absolute Gasteiger partial charge is 0.314 e. The van der Waals surface area contributed by atoms with Crippen LogP contribution in [-0.2, 0) is 10.2 Å². The van der Waals surface area contributed by atoms with Gasteiger partial charge in [0.2, 0.25) is 0 Å². The number of carboxylic acid groups (broad SMARTS) is 1. The largest absolute Gasteiger partial charge is 0.481 e. The molecule has 4 heteroatoms. The predicted octanol–water partition coefficient (Wildman–Crippen LogP) is 3.31. The zero-order chi connectivity index (χ0) is 11.3. The summed E-state index contributed by atoms with van der Waals surface area (Å²) in [5, 5.41) is 10.1. The van der Waals surface area contributed by atoms with Gasteiger partial charge in [-0.15, -0.1) is 0 Å². The molecule has 16 heavy (non-hydrogen) atoms. The topological polar surface area (TPSA) is 50.4 Å². The van der Waals surface area contributed by atoms with Gasteiger partial charge in [0, 0.05) is 5.39 Å². The van der Waals surface area contributed by atoms with E-state index in [9.17, 15) is 9.90 Å². The quantitative estimate of drug-likeness (QED) is 0.918. The van der Waals surface area contributed by atoms with Gasteiger partial charge in [-0.25, -0.2) is 0 Å². The molecule has 3 nitrogen and oxygen atoms in total. The lowest BCUT2D eigenvalue weighted by molar-refractivity contribution is -0.140. The maximum absolute atomic E-state index is 11.2. The first-order valence-electron chi connectivity index (χ1n) is 5.04. The third-order valence-corrected chi connectivity index (χ3v) is 3.85. The van der Waals surface area contributed by atoms with Crippen LogP contribution in [0.4, 0.5) is 0 Å². The van der Waals surface area contributed by atoms with Gasteiger partial charge < -0.3 is 9.52 Å². The summed E-state index contributed by atoms with van der Waals surface area (Å²) in [6.45, 7) is 0. The molecule has 0 spiro atoms. The van der Waals surface area contributed by atoms with E-state index < -0.39 is 11.4 Å². The Hall–Kier alpha value is -1.29. The highest BCUT2D eigenvalue weighted by Gasteiger charge is 2.51. The summed E-state index contributed by atoms with van der Waals surface area (Å²) in [4.78, 5) is 11.2. The summed E-state index contributed by atoms with van der Waals surface area (Å²) in [5.41, 5.74) is 0.997. The van der Waals surface area contributed by atoms with Gasteiger partial charge in [0.1, 0.15) is 11.8 Å². The van der Waals surface area contributed by atoms with E-state index in [-0.39, 0.29) is 0 Å². The highest BCUT2D eigenvalue weighted by molar-refractivity contribution is 9.10. The van der Waals surface area contributed by atoms with Crippen molar-refractivity contribution < 1.29 is 14.3 Å². The monoisotopic (exact) mass is 280 g/mol. The molecule has 0 saturated heterocycles. The van der Waals surface area contributed by atoms with E-state index in [0.717, 1.165) is 33.8 Å². The molecule has 3 rings (SSSR count). The Morgan fingerprint density at radius 3 is 2.81 bits per heavy atom. The van der Waals surface area contributed by atoms with Crippen LogP contribution in [0.3, 0.4) is 0 Å². The van der Waals surface area contributed by atoms with Gasteiger partial charge in [0.05, 0.1) is 9.89 Å². The molecule has 1 aliphatic rings. The first kappa shape index (κ1) is 9.90. The molecule has 0 amide bonds. The van der Waals surface area contributed by atoms with Crippen LogP contribution in [0, 0.1) is 0 Å². The zero-order valence-electron chi connectivity index (χ0n) is 8.37. The van der Waals surface area contributed by atoms with Crippen molar-refractivity contribution in [3.8, 4) is 0 Å². The molecule has 1 fully saturated rings.